The van der Waals surface area contributed by atoms with Crippen molar-refractivity contribution in [2.24, 2.45) is 24.3 Å². The van der Waals surface area contributed by atoms with Gasteiger partial charge in [-0.05, 0) is 98.8 Å². The first-order valence-electron chi connectivity index (χ1n) is 11.3. The molecule has 0 saturated heterocycles. The second-order valence-electron chi connectivity index (χ2n) is 10.6. The standard InChI is InChI=1S/C26H32N2O2/c1-16-5-6-21(7-17(16)2)25-10-19-9-20(11-25)13-26(12-19,15-25)24(30)27-22-14-28(4)23(29)8-18(22)3/h5-8,14,19-20H,9-13,15H2,1-4H3,(H,27,30). The van der Waals surface area contributed by atoms with Gasteiger partial charge >= 0.3 is 0 Å². The number of rotatable bonds is 3. The number of aromatic nitrogens is 1. The number of hydrogen-bond donors (Lipinski definition) is 1. The fraction of sp³-hybridized carbons (Fsp3) is 0.538. The van der Waals surface area contributed by atoms with Gasteiger partial charge < -0.3 is 9.88 Å². The van der Waals surface area contributed by atoms with Crippen molar-refractivity contribution < 1.29 is 4.79 Å². The summed E-state index contributed by atoms with van der Waals surface area (Å²) in [5, 5.41) is 3.23. The summed E-state index contributed by atoms with van der Waals surface area (Å²) in [7, 11) is 1.73. The van der Waals surface area contributed by atoms with Crippen LogP contribution < -0.4 is 10.9 Å². The molecule has 4 fully saturated rings. The van der Waals surface area contributed by atoms with Crippen LogP contribution in [0.25, 0.3) is 0 Å². The molecule has 4 bridgehead atoms. The highest BCUT2D eigenvalue weighted by Crippen LogP contribution is 2.66. The smallest absolute Gasteiger partial charge is 0.250 e. The summed E-state index contributed by atoms with van der Waals surface area (Å²) in [5.41, 5.74) is 5.52. The number of amides is 1. The van der Waals surface area contributed by atoms with Crippen LogP contribution in [-0.2, 0) is 17.3 Å². The molecule has 4 aliphatic carbocycles. The Bertz CT molecular complexity index is 1080. The minimum atomic E-state index is -0.288. The highest BCUT2D eigenvalue weighted by molar-refractivity contribution is 5.96. The van der Waals surface area contributed by atoms with Crippen LogP contribution in [0.3, 0.4) is 0 Å². The second kappa shape index (κ2) is 6.57. The first kappa shape index (κ1) is 19.6. The molecule has 0 aliphatic heterocycles. The van der Waals surface area contributed by atoms with E-state index in [-0.39, 0.29) is 22.3 Å². The second-order valence-corrected chi connectivity index (χ2v) is 10.6. The molecule has 1 N–H and O–H groups in total. The number of aryl methyl sites for hydroxylation is 4. The molecular formula is C26H32N2O2. The van der Waals surface area contributed by atoms with E-state index in [2.05, 4.69) is 37.4 Å². The quantitative estimate of drug-likeness (QED) is 0.800. The molecule has 30 heavy (non-hydrogen) atoms. The Hall–Kier alpha value is -2.36. The summed E-state index contributed by atoms with van der Waals surface area (Å²) in [4.78, 5) is 25.6. The van der Waals surface area contributed by atoms with E-state index in [0.717, 1.165) is 30.5 Å². The van der Waals surface area contributed by atoms with Crippen molar-refractivity contribution in [3.05, 3.63) is 63.1 Å². The maximum absolute atomic E-state index is 13.7. The van der Waals surface area contributed by atoms with Gasteiger partial charge in [0.05, 0.1) is 11.1 Å². The van der Waals surface area contributed by atoms with E-state index in [1.807, 2.05) is 6.92 Å². The number of hydrogen-bond acceptors (Lipinski definition) is 2. The van der Waals surface area contributed by atoms with Gasteiger partial charge in [0.2, 0.25) is 5.91 Å². The molecular weight excluding hydrogens is 372 g/mol. The molecule has 2 atom stereocenters. The third-order valence-corrected chi connectivity index (χ3v) is 8.35. The van der Waals surface area contributed by atoms with Gasteiger partial charge in [-0.3, -0.25) is 9.59 Å². The van der Waals surface area contributed by atoms with Gasteiger partial charge in [0, 0.05) is 19.3 Å². The Morgan fingerprint density at radius 2 is 1.70 bits per heavy atom. The maximum atomic E-state index is 13.7. The Morgan fingerprint density at radius 1 is 1.00 bits per heavy atom. The lowest BCUT2D eigenvalue weighted by Gasteiger charge is -2.61. The van der Waals surface area contributed by atoms with Crippen molar-refractivity contribution in [3.63, 3.8) is 0 Å². The molecule has 4 nitrogen and oxygen atoms in total. The lowest BCUT2D eigenvalue weighted by atomic mass is 9.42. The number of carbonyl (C=O) groups excluding carboxylic acids is 1. The molecule has 1 aromatic heterocycles. The zero-order valence-electron chi connectivity index (χ0n) is 18.5. The first-order chi connectivity index (χ1) is 14.2. The first-order valence-corrected chi connectivity index (χ1v) is 11.3. The summed E-state index contributed by atoms with van der Waals surface area (Å²) in [5.74, 6) is 1.44. The van der Waals surface area contributed by atoms with Crippen molar-refractivity contribution in [1.29, 1.82) is 0 Å². The van der Waals surface area contributed by atoms with Crippen LogP contribution in [0.15, 0.2) is 35.3 Å². The highest BCUT2D eigenvalue weighted by Gasteiger charge is 2.61. The molecule has 4 saturated carbocycles. The van der Waals surface area contributed by atoms with E-state index in [1.54, 1.807) is 23.9 Å². The molecule has 0 radical (unpaired) electrons. The van der Waals surface area contributed by atoms with Crippen LogP contribution >= 0.6 is 0 Å². The van der Waals surface area contributed by atoms with Crippen LogP contribution in [0.1, 0.15) is 60.8 Å². The van der Waals surface area contributed by atoms with Gasteiger partial charge in [-0.1, -0.05) is 18.2 Å². The molecule has 1 aromatic carbocycles. The lowest BCUT2D eigenvalue weighted by molar-refractivity contribution is -0.143. The summed E-state index contributed by atoms with van der Waals surface area (Å²) >= 11 is 0. The van der Waals surface area contributed by atoms with Crippen LogP contribution in [0.5, 0.6) is 0 Å². The zero-order valence-corrected chi connectivity index (χ0v) is 18.5. The van der Waals surface area contributed by atoms with E-state index < -0.39 is 0 Å². The molecule has 4 aliphatic rings. The number of anilines is 1. The van der Waals surface area contributed by atoms with Gasteiger partial charge in [0.1, 0.15) is 0 Å². The summed E-state index contributed by atoms with van der Waals surface area (Å²) in [6.45, 7) is 6.26. The number of benzene rings is 1. The maximum Gasteiger partial charge on any atom is 0.250 e. The normalized spacial score (nSPS) is 31.7. The predicted octanol–water partition coefficient (Wildman–Crippen LogP) is 4.79. The molecule has 158 valence electrons. The van der Waals surface area contributed by atoms with Crippen molar-refractivity contribution in [2.45, 2.75) is 64.7 Å². The summed E-state index contributed by atoms with van der Waals surface area (Å²) in [6, 6.07) is 8.55. The Morgan fingerprint density at radius 3 is 2.37 bits per heavy atom. The fourth-order valence-electron chi connectivity index (χ4n) is 7.05. The van der Waals surface area contributed by atoms with Gasteiger partial charge in [0.25, 0.3) is 5.56 Å². The van der Waals surface area contributed by atoms with E-state index in [0.29, 0.717) is 11.8 Å². The molecule has 0 spiro atoms. The van der Waals surface area contributed by atoms with Crippen molar-refractivity contribution >= 4 is 11.6 Å². The monoisotopic (exact) mass is 404 g/mol. The Kier molecular flexibility index (Phi) is 4.29. The number of nitrogens with one attached hydrogen (secondary N) is 1. The Balaban J connectivity index is 1.50. The summed E-state index contributed by atoms with van der Waals surface area (Å²) in [6.07, 6.45) is 8.45. The van der Waals surface area contributed by atoms with Gasteiger partial charge in [-0.25, -0.2) is 0 Å². The molecule has 2 unspecified atom stereocenters. The van der Waals surface area contributed by atoms with Crippen molar-refractivity contribution in [3.8, 4) is 0 Å². The topological polar surface area (TPSA) is 51.1 Å². The Labute approximate surface area is 178 Å². The third-order valence-electron chi connectivity index (χ3n) is 8.35. The third kappa shape index (κ3) is 2.95. The number of pyridine rings is 1. The van der Waals surface area contributed by atoms with Gasteiger partial charge in [-0.15, -0.1) is 0 Å². The van der Waals surface area contributed by atoms with Crippen molar-refractivity contribution in [1.82, 2.24) is 4.57 Å². The molecule has 1 heterocycles. The van der Waals surface area contributed by atoms with Gasteiger partial charge in [0.15, 0.2) is 0 Å². The van der Waals surface area contributed by atoms with E-state index in [9.17, 15) is 9.59 Å². The predicted molar refractivity (Wildman–Crippen MR) is 120 cm³/mol. The highest BCUT2D eigenvalue weighted by atomic mass is 16.2. The largest absolute Gasteiger partial charge is 0.324 e. The van der Waals surface area contributed by atoms with E-state index in [1.165, 1.54) is 36.0 Å². The van der Waals surface area contributed by atoms with Crippen molar-refractivity contribution in [2.75, 3.05) is 5.32 Å². The number of nitrogens with zero attached hydrogens (tertiary/aromatic N) is 1. The van der Waals surface area contributed by atoms with Gasteiger partial charge in [-0.2, -0.15) is 0 Å². The van der Waals surface area contributed by atoms with Crippen LogP contribution in [-0.4, -0.2) is 10.5 Å². The minimum Gasteiger partial charge on any atom is -0.324 e. The molecule has 6 rings (SSSR count). The van der Waals surface area contributed by atoms with E-state index in [4.69, 9.17) is 0 Å². The van der Waals surface area contributed by atoms with Crippen LogP contribution in [0.4, 0.5) is 5.69 Å². The SMILES string of the molecule is Cc1ccc(C23CC4CC(CC(C(=O)Nc5cn(C)c(=O)cc5C)(C4)C2)C3)cc1C. The lowest BCUT2D eigenvalue weighted by Crippen LogP contribution is -2.58. The fourth-order valence-corrected chi connectivity index (χ4v) is 7.05. The zero-order chi connectivity index (χ0) is 21.3. The molecule has 4 heteroatoms. The summed E-state index contributed by atoms with van der Waals surface area (Å²) < 4.78 is 1.54. The average Bonchev–Trinajstić information content (AvgIpc) is 2.67. The number of carbonyl (C=O) groups is 1. The molecule has 2 aromatic rings. The van der Waals surface area contributed by atoms with Crippen LogP contribution in [0.2, 0.25) is 0 Å². The van der Waals surface area contributed by atoms with E-state index >= 15 is 0 Å². The average molecular weight is 405 g/mol. The van der Waals surface area contributed by atoms with Crippen LogP contribution in [0, 0.1) is 38.0 Å². The minimum absolute atomic E-state index is 0.0472. The molecule has 1 amide bonds.